The van der Waals surface area contributed by atoms with Crippen LogP contribution in [0.3, 0.4) is 0 Å². The number of amides is 1. The Labute approximate surface area is 126 Å². The van der Waals surface area contributed by atoms with Crippen LogP contribution in [0.1, 0.15) is 28.5 Å². The van der Waals surface area contributed by atoms with Gasteiger partial charge in [0.1, 0.15) is 5.82 Å². The molecule has 0 N–H and O–H groups in total. The van der Waals surface area contributed by atoms with Crippen LogP contribution >= 0.6 is 0 Å². The van der Waals surface area contributed by atoms with Crippen LogP contribution in [-0.2, 0) is 11.3 Å². The first-order chi connectivity index (χ1) is 10.7. The van der Waals surface area contributed by atoms with E-state index in [0.717, 1.165) is 12.1 Å². The van der Waals surface area contributed by atoms with Crippen LogP contribution in [-0.4, -0.2) is 45.0 Å². The van der Waals surface area contributed by atoms with E-state index >= 15 is 0 Å². The third-order valence-electron chi connectivity index (χ3n) is 4.31. The Kier molecular flexibility index (Phi) is 3.15. The van der Waals surface area contributed by atoms with Gasteiger partial charge < -0.3 is 9.64 Å². The number of carbonyl (C=O) groups is 1. The number of nitrogens with zero attached hydrogens (tertiary/aromatic N) is 4. The van der Waals surface area contributed by atoms with Gasteiger partial charge in [-0.2, -0.15) is 0 Å². The van der Waals surface area contributed by atoms with Gasteiger partial charge in [0.25, 0.3) is 5.91 Å². The Morgan fingerprint density at radius 2 is 2.14 bits per heavy atom. The van der Waals surface area contributed by atoms with Crippen LogP contribution in [0.5, 0.6) is 0 Å². The number of rotatable bonds is 1. The highest BCUT2D eigenvalue weighted by atomic mass is 19.1. The molecule has 22 heavy (non-hydrogen) atoms. The minimum atomic E-state index is -0.344. The van der Waals surface area contributed by atoms with E-state index in [1.807, 2.05) is 4.68 Å². The van der Waals surface area contributed by atoms with Crippen molar-refractivity contribution in [2.75, 3.05) is 13.1 Å². The zero-order valence-electron chi connectivity index (χ0n) is 11.9. The monoisotopic (exact) mass is 302 g/mol. The first kappa shape index (κ1) is 13.4. The van der Waals surface area contributed by atoms with E-state index in [1.165, 1.54) is 24.3 Å². The first-order valence-electron chi connectivity index (χ1n) is 7.28. The highest BCUT2D eigenvalue weighted by Crippen LogP contribution is 2.30. The summed E-state index contributed by atoms with van der Waals surface area (Å²) >= 11 is 0. The maximum atomic E-state index is 13.0. The van der Waals surface area contributed by atoms with Gasteiger partial charge in [-0.15, -0.1) is 5.10 Å². The first-order valence-corrected chi connectivity index (χ1v) is 7.28. The van der Waals surface area contributed by atoms with Gasteiger partial charge in [0.15, 0.2) is 0 Å². The van der Waals surface area contributed by atoms with Crippen LogP contribution in [0.4, 0.5) is 4.39 Å². The maximum Gasteiger partial charge on any atom is 0.253 e. The third kappa shape index (κ3) is 2.18. The number of hydrogen-bond donors (Lipinski definition) is 0. The van der Waals surface area contributed by atoms with Crippen molar-refractivity contribution in [1.29, 1.82) is 0 Å². The normalized spacial score (nSPS) is 23.8. The van der Waals surface area contributed by atoms with Crippen LogP contribution in [0, 0.1) is 5.82 Å². The van der Waals surface area contributed by atoms with E-state index in [9.17, 15) is 9.18 Å². The summed E-state index contributed by atoms with van der Waals surface area (Å²) in [6.45, 7) is 1.67. The molecule has 114 valence electrons. The van der Waals surface area contributed by atoms with E-state index in [1.54, 1.807) is 11.1 Å². The second-order valence-electron chi connectivity index (χ2n) is 5.63. The van der Waals surface area contributed by atoms with Crippen molar-refractivity contribution in [2.45, 2.75) is 25.2 Å². The van der Waals surface area contributed by atoms with Gasteiger partial charge in [0.05, 0.1) is 30.6 Å². The third-order valence-corrected chi connectivity index (χ3v) is 4.31. The summed E-state index contributed by atoms with van der Waals surface area (Å²) in [5.41, 5.74) is 1.42. The van der Waals surface area contributed by atoms with E-state index in [0.29, 0.717) is 25.3 Å². The fraction of sp³-hybridized carbons (Fsp3) is 0.400. The van der Waals surface area contributed by atoms with Gasteiger partial charge in [-0.1, -0.05) is 5.21 Å². The predicted molar refractivity (Wildman–Crippen MR) is 74.6 cm³/mol. The second kappa shape index (κ2) is 5.17. The molecular weight excluding hydrogens is 287 g/mol. The molecule has 0 radical (unpaired) electrons. The Morgan fingerprint density at radius 1 is 1.32 bits per heavy atom. The van der Waals surface area contributed by atoms with E-state index in [2.05, 4.69) is 10.3 Å². The van der Waals surface area contributed by atoms with Gasteiger partial charge in [-0.3, -0.25) is 4.79 Å². The summed E-state index contributed by atoms with van der Waals surface area (Å²) in [4.78, 5) is 14.3. The van der Waals surface area contributed by atoms with Crippen LogP contribution in [0.2, 0.25) is 0 Å². The molecule has 0 unspecified atom stereocenters. The SMILES string of the molecule is O=C(c1ccc(F)cc1)N1CC[C@@H]2OCc3cnnn3[C@H]2C1. The Morgan fingerprint density at radius 3 is 2.95 bits per heavy atom. The van der Waals surface area contributed by atoms with Gasteiger partial charge >= 0.3 is 0 Å². The standard InChI is InChI=1S/C15H15FN4O2/c16-11-3-1-10(2-4-11)15(21)19-6-5-14-13(8-19)20-12(9-22-14)7-17-18-20/h1-4,7,13-14H,5-6,8-9H2/t13-,14-/m0/s1. The molecule has 1 aromatic carbocycles. The average molecular weight is 302 g/mol. The topological polar surface area (TPSA) is 60.3 Å². The number of ether oxygens (including phenoxy) is 1. The fourth-order valence-electron chi connectivity index (χ4n) is 3.14. The number of fused-ring (bicyclic) bond motifs is 3. The molecule has 7 heteroatoms. The summed E-state index contributed by atoms with van der Waals surface area (Å²) in [6.07, 6.45) is 2.51. The molecule has 0 spiro atoms. The molecule has 1 amide bonds. The Hall–Kier alpha value is -2.28. The Balaban J connectivity index is 1.56. The molecule has 2 aliphatic heterocycles. The van der Waals surface area contributed by atoms with Crippen LogP contribution in [0.25, 0.3) is 0 Å². The molecule has 0 bridgehead atoms. The van der Waals surface area contributed by atoms with Crippen molar-refractivity contribution in [3.8, 4) is 0 Å². The molecule has 1 fully saturated rings. The molecule has 2 aromatic rings. The molecule has 1 aromatic heterocycles. The van der Waals surface area contributed by atoms with E-state index in [-0.39, 0.29) is 23.9 Å². The van der Waals surface area contributed by atoms with Crippen molar-refractivity contribution in [2.24, 2.45) is 0 Å². The average Bonchev–Trinajstić information content (AvgIpc) is 3.03. The number of aromatic nitrogens is 3. The largest absolute Gasteiger partial charge is 0.370 e. The van der Waals surface area contributed by atoms with Crippen LogP contribution < -0.4 is 0 Å². The van der Waals surface area contributed by atoms with Crippen LogP contribution in [0.15, 0.2) is 30.5 Å². The van der Waals surface area contributed by atoms with Gasteiger partial charge in [0.2, 0.25) is 0 Å². The fourth-order valence-corrected chi connectivity index (χ4v) is 3.14. The predicted octanol–water partition coefficient (Wildman–Crippen LogP) is 1.40. The van der Waals surface area contributed by atoms with Crippen molar-refractivity contribution in [3.05, 3.63) is 47.5 Å². The van der Waals surface area contributed by atoms with E-state index < -0.39 is 0 Å². The number of likely N-dealkylation sites (tertiary alicyclic amines) is 1. The number of halogens is 1. The van der Waals surface area contributed by atoms with Gasteiger partial charge in [0, 0.05) is 18.7 Å². The van der Waals surface area contributed by atoms with E-state index in [4.69, 9.17) is 4.74 Å². The molecule has 2 aliphatic rings. The quantitative estimate of drug-likeness (QED) is 0.799. The van der Waals surface area contributed by atoms with Crippen molar-refractivity contribution in [3.63, 3.8) is 0 Å². The van der Waals surface area contributed by atoms with Crippen molar-refractivity contribution >= 4 is 5.91 Å². The summed E-state index contributed by atoms with van der Waals surface area (Å²) in [5.74, 6) is -0.436. The lowest BCUT2D eigenvalue weighted by Gasteiger charge is -2.41. The molecule has 1 saturated heterocycles. The maximum absolute atomic E-state index is 13.0. The Bertz CT molecular complexity index is 700. The summed E-state index contributed by atoms with van der Waals surface area (Å²) in [5, 5.41) is 8.04. The number of hydrogen-bond acceptors (Lipinski definition) is 4. The van der Waals surface area contributed by atoms with Gasteiger partial charge in [-0.05, 0) is 30.7 Å². The smallest absolute Gasteiger partial charge is 0.253 e. The lowest BCUT2D eigenvalue weighted by Crippen LogP contribution is -2.49. The zero-order chi connectivity index (χ0) is 15.1. The molecule has 0 aliphatic carbocycles. The number of carbonyl (C=O) groups excluding carboxylic acids is 1. The van der Waals surface area contributed by atoms with Crippen molar-refractivity contribution in [1.82, 2.24) is 19.9 Å². The highest BCUT2D eigenvalue weighted by molar-refractivity contribution is 5.94. The minimum Gasteiger partial charge on any atom is -0.370 e. The number of piperidine rings is 1. The van der Waals surface area contributed by atoms with Gasteiger partial charge in [-0.25, -0.2) is 9.07 Å². The summed E-state index contributed by atoms with van der Waals surface area (Å²) in [6, 6.07) is 5.63. The lowest BCUT2D eigenvalue weighted by molar-refractivity contribution is -0.0605. The second-order valence-corrected chi connectivity index (χ2v) is 5.63. The number of benzene rings is 1. The highest BCUT2D eigenvalue weighted by Gasteiger charge is 2.37. The molecule has 3 heterocycles. The summed E-state index contributed by atoms with van der Waals surface area (Å²) < 4.78 is 20.7. The molecular formula is C15H15FN4O2. The lowest BCUT2D eigenvalue weighted by atomic mass is 9.99. The zero-order valence-corrected chi connectivity index (χ0v) is 11.9. The summed E-state index contributed by atoms with van der Waals surface area (Å²) in [7, 11) is 0. The molecule has 6 nitrogen and oxygen atoms in total. The minimum absolute atomic E-state index is 0.00982. The van der Waals surface area contributed by atoms with Crippen molar-refractivity contribution < 1.29 is 13.9 Å². The molecule has 0 saturated carbocycles. The molecule has 4 rings (SSSR count). The molecule has 2 atom stereocenters.